The summed E-state index contributed by atoms with van der Waals surface area (Å²) in [7, 11) is 1.53. The number of para-hydroxylation sites is 1. The molecule has 8 heteroatoms. The number of methoxy groups -OCH3 is 1. The predicted octanol–water partition coefficient (Wildman–Crippen LogP) is 4.18. The quantitative estimate of drug-likeness (QED) is 0.540. The maximum Gasteiger partial charge on any atom is 0.338 e. The molecule has 0 spiro atoms. The number of carbonyl (C=O) groups is 3. The Morgan fingerprint density at radius 3 is 2.13 bits per heavy atom. The molecule has 8 nitrogen and oxygen atoms in total. The van der Waals surface area contributed by atoms with Gasteiger partial charge in [-0.25, -0.2) is 9.59 Å². The Labute approximate surface area is 179 Å². The number of nitrogens with one attached hydrogen (secondary N) is 1. The number of benzene rings is 2. The molecule has 0 unspecified atom stereocenters. The third-order valence-electron chi connectivity index (χ3n) is 4.41. The molecule has 0 bridgehead atoms. The van der Waals surface area contributed by atoms with E-state index in [1.54, 1.807) is 26.0 Å². The van der Waals surface area contributed by atoms with Crippen LogP contribution in [0.5, 0.6) is 0 Å². The average Bonchev–Trinajstić information content (AvgIpc) is 3.13. The first kappa shape index (κ1) is 22.0. The first-order chi connectivity index (χ1) is 15.0. The zero-order chi connectivity index (χ0) is 22.4. The van der Waals surface area contributed by atoms with Crippen LogP contribution in [0.3, 0.4) is 0 Å². The number of fused-ring (bicyclic) bond motifs is 1. The standard InChI is InChI=1S/C23H23NO7/c1-4-29-22(26)14-10-15(23(27)30-5-2)12-16(11-14)24-21(25)20-18(13-28-3)17-8-6-7-9-19(17)31-20/h6-12H,4-5,13H2,1-3H3,(H,24,25). The summed E-state index contributed by atoms with van der Waals surface area (Å²) >= 11 is 0. The van der Waals surface area contributed by atoms with E-state index >= 15 is 0 Å². The van der Waals surface area contributed by atoms with Gasteiger partial charge in [-0.2, -0.15) is 0 Å². The van der Waals surface area contributed by atoms with Crippen LogP contribution in [0.25, 0.3) is 11.0 Å². The second kappa shape index (κ2) is 9.90. The fraction of sp³-hybridized carbons (Fsp3) is 0.261. The molecule has 3 rings (SSSR count). The normalized spacial score (nSPS) is 10.7. The first-order valence-electron chi connectivity index (χ1n) is 9.78. The summed E-state index contributed by atoms with van der Waals surface area (Å²) in [5, 5.41) is 3.45. The smallest absolute Gasteiger partial charge is 0.338 e. The van der Waals surface area contributed by atoms with Gasteiger partial charge in [0.25, 0.3) is 5.91 Å². The second-order valence-electron chi connectivity index (χ2n) is 6.53. The molecule has 0 aliphatic rings. The Balaban J connectivity index is 1.98. The Morgan fingerprint density at radius 2 is 1.55 bits per heavy atom. The van der Waals surface area contributed by atoms with Crippen molar-refractivity contribution in [1.29, 1.82) is 0 Å². The lowest BCUT2D eigenvalue weighted by molar-refractivity contribution is 0.0525. The van der Waals surface area contributed by atoms with Crippen LogP contribution in [0, 0.1) is 0 Å². The van der Waals surface area contributed by atoms with E-state index < -0.39 is 17.8 Å². The minimum absolute atomic E-state index is 0.0854. The minimum atomic E-state index is -0.618. The summed E-state index contributed by atoms with van der Waals surface area (Å²) in [6.45, 7) is 3.87. The largest absolute Gasteiger partial charge is 0.462 e. The van der Waals surface area contributed by atoms with Gasteiger partial charge in [-0.1, -0.05) is 18.2 Å². The van der Waals surface area contributed by atoms with Crippen LogP contribution in [0.2, 0.25) is 0 Å². The highest BCUT2D eigenvalue weighted by Gasteiger charge is 2.22. The molecule has 1 heterocycles. The first-order valence-corrected chi connectivity index (χ1v) is 9.78. The van der Waals surface area contributed by atoms with Gasteiger partial charge in [-0.15, -0.1) is 0 Å². The summed E-state index contributed by atoms with van der Waals surface area (Å²) in [6.07, 6.45) is 0. The molecule has 0 saturated carbocycles. The fourth-order valence-electron chi connectivity index (χ4n) is 3.12. The van der Waals surface area contributed by atoms with Gasteiger partial charge in [0.15, 0.2) is 5.76 Å². The molecule has 0 radical (unpaired) electrons. The van der Waals surface area contributed by atoms with Gasteiger partial charge in [0, 0.05) is 23.7 Å². The fourth-order valence-corrected chi connectivity index (χ4v) is 3.12. The number of hydrogen-bond donors (Lipinski definition) is 1. The van der Waals surface area contributed by atoms with Crippen molar-refractivity contribution in [2.24, 2.45) is 0 Å². The Kier molecular flexibility index (Phi) is 7.04. The van der Waals surface area contributed by atoms with Gasteiger partial charge in [0.05, 0.1) is 30.9 Å². The van der Waals surface area contributed by atoms with Crippen LogP contribution in [0.4, 0.5) is 5.69 Å². The van der Waals surface area contributed by atoms with Crippen molar-refractivity contribution >= 4 is 34.5 Å². The van der Waals surface area contributed by atoms with E-state index in [0.717, 1.165) is 5.39 Å². The average molecular weight is 425 g/mol. The molecule has 0 fully saturated rings. The van der Waals surface area contributed by atoms with Gasteiger partial charge in [-0.3, -0.25) is 4.79 Å². The van der Waals surface area contributed by atoms with Crippen molar-refractivity contribution in [3.8, 4) is 0 Å². The maximum absolute atomic E-state index is 13.0. The van der Waals surface area contributed by atoms with E-state index in [1.165, 1.54) is 25.3 Å². The Hall–Kier alpha value is -3.65. The Morgan fingerprint density at radius 1 is 0.935 bits per heavy atom. The summed E-state index contributed by atoms with van der Waals surface area (Å²) in [5.41, 5.74) is 1.60. The molecule has 162 valence electrons. The van der Waals surface area contributed by atoms with Crippen molar-refractivity contribution in [3.05, 3.63) is 64.9 Å². The lowest BCUT2D eigenvalue weighted by Crippen LogP contribution is -2.15. The molecule has 0 aliphatic heterocycles. The number of furan rings is 1. The predicted molar refractivity (Wildman–Crippen MR) is 113 cm³/mol. The van der Waals surface area contributed by atoms with E-state index in [1.807, 2.05) is 12.1 Å². The molecule has 0 atom stereocenters. The summed E-state index contributed by atoms with van der Waals surface area (Å²) in [5.74, 6) is -1.69. The molecular formula is C23H23NO7. The molecule has 1 amide bonds. The van der Waals surface area contributed by atoms with Crippen molar-refractivity contribution < 1.29 is 33.0 Å². The van der Waals surface area contributed by atoms with Crippen molar-refractivity contribution in [2.45, 2.75) is 20.5 Å². The van der Waals surface area contributed by atoms with Crippen LogP contribution >= 0.6 is 0 Å². The van der Waals surface area contributed by atoms with Crippen LogP contribution in [0.1, 0.15) is 50.7 Å². The lowest BCUT2D eigenvalue weighted by atomic mass is 10.1. The van der Waals surface area contributed by atoms with Crippen molar-refractivity contribution in [1.82, 2.24) is 0 Å². The number of ether oxygens (including phenoxy) is 3. The van der Waals surface area contributed by atoms with Crippen molar-refractivity contribution in [2.75, 3.05) is 25.6 Å². The van der Waals surface area contributed by atoms with Gasteiger partial charge in [-0.05, 0) is 38.1 Å². The third-order valence-corrected chi connectivity index (χ3v) is 4.41. The highest BCUT2D eigenvalue weighted by Crippen LogP contribution is 2.28. The Bertz CT molecular complexity index is 1080. The molecule has 2 aromatic carbocycles. The number of carbonyl (C=O) groups excluding carboxylic acids is 3. The van der Waals surface area contributed by atoms with Crippen molar-refractivity contribution in [3.63, 3.8) is 0 Å². The molecule has 1 N–H and O–H groups in total. The highest BCUT2D eigenvalue weighted by atomic mass is 16.5. The topological polar surface area (TPSA) is 104 Å². The molecule has 0 aliphatic carbocycles. The second-order valence-corrected chi connectivity index (χ2v) is 6.53. The highest BCUT2D eigenvalue weighted by molar-refractivity contribution is 6.07. The van der Waals surface area contributed by atoms with E-state index in [0.29, 0.717) is 11.1 Å². The summed E-state index contributed by atoms with van der Waals surface area (Å²) < 4.78 is 21.0. The van der Waals surface area contributed by atoms with Gasteiger partial charge in [0.2, 0.25) is 0 Å². The molecular weight excluding hydrogens is 402 g/mol. The molecule has 0 saturated heterocycles. The SMILES string of the molecule is CCOC(=O)c1cc(NC(=O)c2oc3ccccc3c2COC)cc(C(=O)OCC)c1. The molecule has 1 aromatic heterocycles. The van der Waals surface area contributed by atoms with Gasteiger partial charge in [0.1, 0.15) is 5.58 Å². The number of anilines is 1. The van der Waals surface area contributed by atoms with E-state index in [2.05, 4.69) is 5.32 Å². The van der Waals surface area contributed by atoms with Crippen LogP contribution in [-0.2, 0) is 20.8 Å². The maximum atomic E-state index is 13.0. The number of esters is 2. The lowest BCUT2D eigenvalue weighted by Gasteiger charge is -2.10. The minimum Gasteiger partial charge on any atom is -0.462 e. The van der Waals surface area contributed by atoms with E-state index in [4.69, 9.17) is 18.6 Å². The summed E-state index contributed by atoms with van der Waals surface area (Å²) in [4.78, 5) is 37.4. The zero-order valence-corrected chi connectivity index (χ0v) is 17.5. The van der Waals surface area contributed by atoms with Gasteiger partial charge < -0.3 is 23.9 Å². The van der Waals surface area contributed by atoms with Crippen LogP contribution < -0.4 is 5.32 Å². The molecule has 31 heavy (non-hydrogen) atoms. The van der Waals surface area contributed by atoms with Crippen LogP contribution in [0.15, 0.2) is 46.9 Å². The monoisotopic (exact) mass is 425 g/mol. The number of hydrogen-bond acceptors (Lipinski definition) is 7. The van der Waals surface area contributed by atoms with E-state index in [-0.39, 0.29) is 42.4 Å². The van der Waals surface area contributed by atoms with Crippen LogP contribution in [-0.4, -0.2) is 38.2 Å². The molecule has 3 aromatic rings. The zero-order valence-electron chi connectivity index (χ0n) is 17.5. The van der Waals surface area contributed by atoms with E-state index in [9.17, 15) is 14.4 Å². The third kappa shape index (κ3) is 4.92. The number of amides is 1. The van der Waals surface area contributed by atoms with Gasteiger partial charge >= 0.3 is 11.9 Å². The number of rotatable bonds is 8. The summed E-state index contributed by atoms with van der Waals surface area (Å²) in [6, 6.07) is 11.5.